The fraction of sp³-hybridized carbons (Fsp3) is 0.192. The van der Waals surface area contributed by atoms with E-state index in [1.54, 1.807) is 42.0 Å². The maximum absolute atomic E-state index is 12.9. The minimum atomic E-state index is -0.330. The molecule has 6 rings (SSSR count). The number of carbonyl (C=O) groups is 2. The molecule has 0 radical (unpaired) electrons. The number of rotatable bonds is 1. The molecule has 1 fully saturated rings. The van der Waals surface area contributed by atoms with Crippen LogP contribution in [0.5, 0.6) is 0 Å². The molecule has 7 heteroatoms. The molecule has 0 atom stereocenters. The third-order valence-electron chi connectivity index (χ3n) is 6.91. The molecule has 2 amide bonds. The molecular formula is C26H21N3O3Te. The Hall–Kier alpha value is -3.14. The van der Waals surface area contributed by atoms with E-state index in [1.165, 1.54) is 26.1 Å². The van der Waals surface area contributed by atoms with Crippen LogP contribution in [0.4, 0.5) is 0 Å². The van der Waals surface area contributed by atoms with Crippen molar-refractivity contribution >= 4 is 65.3 Å². The van der Waals surface area contributed by atoms with E-state index in [0.717, 1.165) is 22.5 Å². The Balaban J connectivity index is 1.62. The van der Waals surface area contributed by atoms with E-state index >= 15 is 0 Å². The number of nitrogens with zero attached hydrogens (tertiary/aromatic N) is 3. The number of para-hydroxylation sites is 2. The third-order valence-corrected chi connectivity index (χ3v) is 8.47. The Labute approximate surface area is 203 Å². The number of hydrogen-bond acceptors (Lipinski definition) is 3. The minimum absolute atomic E-state index is 0.0938. The zero-order valence-electron chi connectivity index (χ0n) is 18.7. The van der Waals surface area contributed by atoms with Gasteiger partial charge in [-0.2, -0.15) is 0 Å². The van der Waals surface area contributed by atoms with Crippen molar-refractivity contribution in [3.8, 4) is 5.88 Å². The van der Waals surface area contributed by atoms with E-state index in [0.29, 0.717) is 9.56 Å². The van der Waals surface area contributed by atoms with Crippen molar-refractivity contribution in [2.45, 2.75) is 19.3 Å². The number of likely N-dealkylation sites (N-methyl/N-ethyl adjacent to an activating group) is 2. The summed E-state index contributed by atoms with van der Waals surface area (Å²) in [6.07, 6.45) is 1.58. The second-order valence-electron chi connectivity index (χ2n) is 9.12. The molecule has 0 spiro atoms. The molecule has 2 aromatic carbocycles. The normalized spacial score (nSPS) is 17.3. The number of furan rings is 1. The summed E-state index contributed by atoms with van der Waals surface area (Å²) >= 11 is 1.67. The standard InChI is InChI=1S/C26H21N3O3Te/c1-26(2)18-10-7-9-16-15-8-5-6-11-20(15)29(21(16)18)24-19(26)13-14(32-24)12-17-22(30)27(3)25(33)28(4)23(17)31/h5-13H,1-4H3. The van der Waals surface area contributed by atoms with Gasteiger partial charge < -0.3 is 0 Å². The van der Waals surface area contributed by atoms with Crippen LogP contribution in [-0.2, 0) is 15.0 Å². The predicted molar refractivity (Wildman–Crippen MR) is 129 cm³/mol. The van der Waals surface area contributed by atoms with Gasteiger partial charge in [0.2, 0.25) is 0 Å². The summed E-state index contributed by atoms with van der Waals surface area (Å²) in [5.74, 6) is 0.566. The van der Waals surface area contributed by atoms with Crippen LogP contribution >= 0.6 is 0 Å². The molecule has 2 aromatic heterocycles. The van der Waals surface area contributed by atoms with E-state index in [1.807, 2.05) is 18.2 Å². The van der Waals surface area contributed by atoms with E-state index in [2.05, 4.69) is 48.7 Å². The van der Waals surface area contributed by atoms with Gasteiger partial charge in [-0.1, -0.05) is 6.07 Å². The molecule has 0 bridgehead atoms. The van der Waals surface area contributed by atoms with Crippen LogP contribution < -0.4 is 0 Å². The average Bonchev–Trinajstić information content (AvgIpc) is 3.38. The Kier molecular flexibility index (Phi) is 4.15. The van der Waals surface area contributed by atoms with Gasteiger partial charge in [0.1, 0.15) is 0 Å². The Morgan fingerprint density at radius 1 is 0.909 bits per heavy atom. The summed E-state index contributed by atoms with van der Waals surface area (Å²) in [5.41, 5.74) is 4.24. The number of benzene rings is 2. The Morgan fingerprint density at radius 3 is 2.30 bits per heavy atom. The van der Waals surface area contributed by atoms with Gasteiger partial charge in [-0.3, -0.25) is 0 Å². The SMILES string of the molecule is CN1C(=O)C(=Cc2cc3c(o2)-n2c4ccccc4c4cccc(c42)C3(C)C)C(=O)N(C)C1=[Te]. The molecule has 164 valence electrons. The molecular weight excluding hydrogens is 530 g/mol. The maximum atomic E-state index is 12.9. The number of amides is 2. The molecule has 4 heterocycles. The van der Waals surface area contributed by atoms with Gasteiger partial charge in [-0.25, -0.2) is 0 Å². The first-order valence-corrected chi connectivity index (χ1v) is 11.9. The fourth-order valence-corrected chi connectivity index (χ4v) is 5.55. The first kappa shape index (κ1) is 20.5. The number of fused-ring (bicyclic) bond motifs is 5. The van der Waals surface area contributed by atoms with Crippen LogP contribution in [0.15, 0.2) is 58.5 Å². The number of hydrogen-bond donors (Lipinski definition) is 0. The molecule has 6 nitrogen and oxygen atoms in total. The first-order chi connectivity index (χ1) is 15.7. The molecule has 33 heavy (non-hydrogen) atoms. The monoisotopic (exact) mass is 553 g/mol. The van der Waals surface area contributed by atoms with Crippen LogP contribution in [-0.4, -0.2) is 65.9 Å². The molecule has 4 aromatic rings. The van der Waals surface area contributed by atoms with E-state index in [9.17, 15) is 9.59 Å². The first-order valence-electron chi connectivity index (χ1n) is 10.7. The second-order valence-corrected chi connectivity index (χ2v) is 10.2. The molecule has 0 unspecified atom stereocenters. The summed E-state index contributed by atoms with van der Waals surface area (Å²) in [6.45, 7) is 4.37. The van der Waals surface area contributed by atoms with Crippen LogP contribution in [0.1, 0.15) is 30.7 Å². The van der Waals surface area contributed by atoms with Gasteiger partial charge in [0.05, 0.1) is 0 Å². The molecule has 2 aliphatic rings. The van der Waals surface area contributed by atoms with Gasteiger partial charge in [0.25, 0.3) is 0 Å². The van der Waals surface area contributed by atoms with Gasteiger partial charge in [-0.05, 0) is 0 Å². The van der Waals surface area contributed by atoms with Crippen LogP contribution in [0.2, 0.25) is 0 Å². The van der Waals surface area contributed by atoms with Crippen LogP contribution in [0.3, 0.4) is 0 Å². The van der Waals surface area contributed by atoms with E-state index in [-0.39, 0.29) is 22.8 Å². The third kappa shape index (κ3) is 2.58. The van der Waals surface area contributed by atoms with Gasteiger partial charge in [0.15, 0.2) is 0 Å². The van der Waals surface area contributed by atoms with E-state index < -0.39 is 0 Å². The molecule has 2 aliphatic heterocycles. The molecule has 1 saturated heterocycles. The molecule has 0 aliphatic carbocycles. The average molecular weight is 551 g/mol. The van der Waals surface area contributed by atoms with Crippen molar-refractivity contribution in [2.75, 3.05) is 14.1 Å². The number of carbonyl (C=O) groups excluding carboxylic acids is 2. The summed E-state index contributed by atoms with van der Waals surface area (Å²) in [7, 11) is 3.35. The van der Waals surface area contributed by atoms with Crippen molar-refractivity contribution < 1.29 is 14.0 Å². The van der Waals surface area contributed by atoms with Crippen molar-refractivity contribution in [1.82, 2.24) is 14.4 Å². The molecule has 0 N–H and O–H groups in total. The van der Waals surface area contributed by atoms with Gasteiger partial charge >= 0.3 is 198 Å². The summed E-state index contributed by atoms with van der Waals surface area (Å²) in [6, 6.07) is 16.7. The zero-order valence-corrected chi connectivity index (χ0v) is 21.0. The van der Waals surface area contributed by atoms with Crippen LogP contribution in [0, 0.1) is 0 Å². The van der Waals surface area contributed by atoms with Gasteiger partial charge in [0, 0.05) is 0 Å². The van der Waals surface area contributed by atoms with Crippen molar-refractivity contribution in [2.24, 2.45) is 0 Å². The summed E-state index contributed by atoms with van der Waals surface area (Å²) in [4.78, 5) is 28.7. The fourth-order valence-electron chi connectivity index (χ4n) is 5.08. The van der Waals surface area contributed by atoms with Crippen molar-refractivity contribution in [3.05, 3.63) is 71.0 Å². The summed E-state index contributed by atoms with van der Waals surface area (Å²) < 4.78 is 9.17. The summed E-state index contributed by atoms with van der Waals surface area (Å²) in [5, 5.41) is 2.35. The quantitative estimate of drug-likeness (QED) is 0.207. The zero-order chi connectivity index (χ0) is 23.2. The Bertz CT molecular complexity index is 1560. The topological polar surface area (TPSA) is 58.7 Å². The molecule has 0 saturated carbocycles. The van der Waals surface area contributed by atoms with Crippen molar-refractivity contribution in [1.29, 1.82) is 0 Å². The van der Waals surface area contributed by atoms with E-state index in [4.69, 9.17) is 4.42 Å². The van der Waals surface area contributed by atoms with Gasteiger partial charge in [-0.15, -0.1) is 0 Å². The second kappa shape index (κ2) is 6.69. The van der Waals surface area contributed by atoms with Crippen molar-refractivity contribution in [3.63, 3.8) is 0 Å². The predicted octanol–water partition coefficient (Wildman–Crippen LogP) is 3.59. The van der Waals surface area contributed by atoms with Crippen LogP contribution in [0.25, 0.3) is 33.8 Å². The number of aromatic nitrogens is 1. The Morgan fingerprint density at radius 2 is 1.58 bits per heavy atom.